The molecule has 1 fully saturated rings. The molecule has 3 heterocycles. The van der Waals surface area contributed by atoms with Crippen LogP contribution < -0.4 is 5.32 Å². The number of rotatable bonds is 5. The summed E-state index contributed by atoms with van der Waals surface area (Å²) in [5, 5.41) is 4.21. The minimum absolute atomic E-state index is 0.0408. The number of carbonyl (C=O) groups excluding carboxylic acids is 1. The fraction of sp³-hybridized carbons (Fsp3) is 0.381. The van der Waals surface area contributed by atoms with Gasteiger partial charge >= 0.3 is 0 Å². The van der Waals surface area contributed by atoms with Gasteiger partial charge in [0.1, 0.15) is 5.76 Å². The van der Waals surface area contributed by atoms with Crippen molar-refractivity contribution in [3.63, 3.8) is 0 Å². The number of hydrogen-bond acceptors (Lipinski definition) is 3. The molecule has 0 aliphatic carbocycles. The third kappa shape index (κ3) is 3.15. The third-order valence-corrected chi connectivity index (χ3v) is 5.48. The molecule has 1 aliphatic heterocycles. The summed E-state index contributed by atoms with van der Waals surface area (Å²) in [6.07, 6.45) is 4.10. The lowest BCUT2D eigenvalue weighted by molar-refractivity contribution is 0.0934. The second-order valence-electron chi connectivity index (χ2n) is 7.12. The fourth-order valence-corrected chi connectivity index (χ4v) is 3.84. The van der Waals surface area contributed by atoms with Crippen LogP contribution in [0.5, 0.6) is 0 Å². The molecule has 1 unspecified atom stereocenters. The normalized spacial score (nSPS) is 16.2. The van der Waals surface area contributed by atoms with E-state index in [2.05, 4.69) is 29.0 Å². The molecule has 5 nitrogen and oxygen atoms in total. The molecule has 0 saturated carbocycles. The molecule has 2 aromatic heterocycles. The molecule has 26 heavy (non-hydrogen) atoms. The number of nitrogens with one attached hydrogen (secondary N) is 2. The molecule has 136 valence electrons. The first kappa shape index (κ1) is 16.9. The van der Waals surface area contributed by atoms with Gasteiger partial charge in [-0.15, -0.1) is 0 Å². The average molecular weight is 351 g/mol. The van der Waals surface area contributed by atoms with Crippen LogP contribution in [-0.4, -0.2) is 35.4 Å². The van der Waals surface area contributed by atoms with Crippen LogP contribution in [0.15, 0.2) is 41.0 Å². The second kappa shape index (κ2) is 7.00. The second-order valence-corrected chi connectivity index (χ2v) is 7.12. The van der Waals surface area contributed by atoms with Gasteiger partial charge in [0.15, 0.2) is 0 Å². The minimum Gasteiger partial charge on any atom is -0.468 e. The maximum Gasteiger partial charge on any atom is 0.251 e. The van der Waals surface area contributed by atoms with Crippen molar-refractivity contribution in [3.8, 4) is 0 Å². The Morgan fingerprint density at radius 2 is 2.08 bits per heavy atom. The summed E-state index contributed by atoms with van der Waals surface area (Å²) in [6, 6.07) is 9.83. The van der Waals surface area contributed by atoms with Gasteiger partial charge in [0.25, 0.3) is 5.91 Å². The van der Waals surface area contributed by atoms with Crippen LogP contribution in [0.1, 0.15) is 46.3 Å². The first-order valence-corrected chi connectivity index (χ1v) is 9.28. The first-order valence-electron chi connectivity index (χ1n) is 9.28. The number of aromatic amines is 1. The van der Waals surface area contributed by atoms with E-state index in [1.165, 1.54) is 18.4 Å². The summed E-state index contributed by atoms with van der Waals surface area (Å²) < 4.78 is 5.63. The highest BCUT2D eigenvalue weighted by Crippen LogP contribution is 2.25. The Kier molecular flexibility index (Phi) is 4.55. The molecule has 3 aromatic rings. The zero-order valence-corrected chi connectivity index (χ0v) is 15.3. The van der Waals surface area contributed by atoms with Crippen LogP contribution in [0.3, 0.4) is 0 Å². The summed E-state index contributed by atoms with van der Waals surface area (Å²) in [5.74, 6) is 0.876. The quantitative estimate of drug-likeness (QED) is 0.732. The van der Waals surface area contributed by atoms with Crippen LogP contribution in [-0.2, 0) is 0 Å². The number of amides is 1. The van der Waals surface area contributed by atoms with Gasteiger partial charge in [0.2, 0.25) is 0 Å². The summed E-state index contributed by atoms with van der Waals surface area (Å²) in [5.41, 5.74) is 4.10. The van der Waals surface area contributed by atoms with Crippen LogP contribution in [0.2, 0.25) is 0 Å². The number of benzene rings is 1. The van der Waals surface area contributed by atoms with E-state index in [1.807, 2.05) is 30.3 Å². The van der Waals surface area contributed by atoms with Crippen molar-refractivity contribution >= 4 is 16.8 Å². The number of carbonyl (C=O) groups is 1. The lowest BCUT2D eigenvalue weighted by Gasteiger charge is -2.26. The van der Waals surface area contributed by atoms with Crippen molar-refractivity contribution in [2.75, 3.05) is 19.6 Å². The molecule has 1 atom stereocenters. The topological polar surface area (TPSA) is 61.3 Å². The van der Waals surface area contributed by atoms with Crippen molar-refractivity contribution in [3.05, 3.63) is 59.2 Å². The number of fused-ring (bicyclic) bond motifs is 1. The van der Waals surface area contributed by atoms with Crippen molar-refractivity contribution < 1.29 is 9.21 Å². The zero-order chi connectivity index (χ0) is 18.1. The van der Waals surface area contributed by atoms with E-state index in [0.717, 1.165) is 35.4 Å². The SMILES string of the molecule is Cc1[nH]c2ccc(C(=O)NCC(c3ccco3)N3CCCC3)cc2c1C. The van der Waals surface area contributed by atoms with E-state index in [1.54, 1.807) is 6.26 Å². The fourth-order valence-electron chi connectivity index (χ4n) is 3.84. The first-order chi connectivity index (χ1) is 12.6. The Balaban J connectivity index is 1.50. The molecular formula is C21H25N3O2. The standard InChI is InChI=1S/C21H25N3O2/c1-14-15(2)23-18-8-7-16(12-17(14)18)21(25)22-13-19(20-6-5-11-26-20)24-9-3-4-10-24/h5-8,11-12,19,23H,3-4,9-10,13H2,1-2H3,(H,22,25). The summed E-state index contributed by atoms with van der Waals surface area (Å²) in [4.78, 5) is 18.5. The van der Waals surface area contributed by atoms with Crippen molar-refractivity contribution in [2.45, 2.75) is 32.7 Å². The van der Waals surface area contributed by atoms with Crippen LogP contribution in [0.4, 0.5) is 0 Å². The summed E-state index contributed by atoms with van der Waals surface area (Å²) in [7, 11) is 0. The van der Waals surface area contributed by atoms with E-state index in [4.69, 9.17) is 4.42 Å². The number of aromatic nitrogens is 1. The summed E-state index contributed by atoms with van der Waals surface area (Å²) in [6.45, 7) is 6.79. The van der Waals surface area contributed by atoms with E-state index < -0.39 is 0 Å². The largest absolute Gasteiger partial charge is 0.468 e. The lowest BCUT2D eigenvalue weighted by Crippen LogP contribution is -2.36. The molecule has 5 heteroatoms. The van der Waals surface area contributed by atoms with Gasteiger partial charge in [-0.3, -0.25) is 9.69 Å². The van der Waals surface area contributed by atoms with Gasteiger partial charge in [0, 0.05) is 28.7 Å². The van der Waals surface area contributed by atoms with Crippen molar-refractivity contribution in [1.82, 2.24) is 15.2 Å². The molecule has 0 radical (unpaired) electrons. The molecule has 1 saturated heterocycles. The summed E-state index contributed by atoms with van der Waals surface area (Å²) >= 11 is 0. The maximum absolute atomic E-state index is 12.7. The highest BCUT2D eigenvalue weighted by Gasteiger charge is 2.26. The third-order valence-electron chi connectivity index (χ3n) is 5.48. The van der Waals surface area contributed by atoms with E-state index >= 15 is 0 Å². The highest BCUT2D eigenvalue weighted by atomic mass is 16.3. The molecule has 0 spiro atoms. The molecule has 1 amide bonds. The average Bonchev–Trinajstić information content (AvgIpc) is 3.39. The van der Waals surface area contributed by atoms with Crippen molar-refractivity contribution in [2.24, 2.45) is 0 Å². The van der Waals surface area contributed by atoms with Crippen LogP contribution in [0, 0.1) is 13.8 Å². The Labute approximate surface area is 153 Å². The van der Waals surface area contributed by atoms with Crippen molar-refractivity contribution in [1.29, 1.82) is 0 Å². The number of likely N-dealkylation sites (tertiary alicyclic amines) is 1. The number of H-pyrrole nitrogens is 1. The van der Waals surface area contributed by atoms with E-state index in [9.17, 15) is 4.79 Å². The number of furan rings is 1. The Morgan fingerprint density at radius 3 is 2.81 bits per heavy atom. The Morgan fingerprint density at radius 1 is 1.27 bits per heavy atom. The number of nitrogens with zero attached hydrogens (tertiary/aromatic N) is 1. The highest BCUT2D eigenvalue weighted by molar-refractivity contribution is 5.99. The van der Waals surface area contributed by atoms with E-state index in [0.29, 0.717) is 12.1 Å². The Hall–Kier alpha value is -2.53. The predicted octanol–water partition coefficient (Wildman–Crippen LogP) is 3.94. The van der Waals surface area contributed by atoms with Gasteiger partial charge < -0.3 is 14.7 Å². The molecule has 2 N–H and O–H groups in total. The molecule has 0 bridgehead atoms. The maximum atomic E-state index is 12.7. The minimum atomic E-state index is -0.0408. The molecular weight excluding hydrogens is 326 g/mol. The van der Waals surface area contributed by atoms with Crippen LogP contribution >= 0.6 is 0 Å². The van der Waals surface area contributed by atoms with Crippen LogP contribution in [0.25, 0.3) is 10.9 Å². The smallest absolute Gasteiger partial charge is 0.251 e. The lowest BCUT2D eigenvalue weighted by atomic mass is 10.1. The van der Waals surface area contributed by atoms with Gasteiger partial charge in [-0.1, -0.05) is 0 Å². The molecule has 1 aromatic carbocycles. The Bertz CT molecular complexity index is 905. The van der Waals surface area contributed by atoms with E-state index in [-0.39, 0.29) is 11.9 Å². The van der Waals surface area contributed by atoms with Gasteiger partial charge in [-0.25, -0.2) is 0 Å². The molecule has 1 aliphatic rings. The monoisotopic (exact) mass is 351 g/mol. The van der Waals surface area contributed by atoms with Gasteiger partial charge in [-0.05, 0) is 75.7 Å². The zero-order valence-electron chi connectivity index (χ0n) is 15.3. The number of aryl methyl sites for hydroxylation is 2. The van der Waals surface area contributed by atoms with Gasteiger partial charge in [0.05, 0.1) is 12.3 Å². The molecule has 4 rings (SSSR count). The van der Waals surface area contributed by atoms with Gasteiger partial charge in [-0.2, -0.15) is 0 Å². The number of hydrogen-bond donors (Lipinski definition) is 2. The predicted molar refractivity (Wildman–Crippen MR) is 102 cm³/mol.